The average Bonchev–Trinajstić information content (AvgIpc) is 2.40. The predicted molar refractivity (Wildman–Crippen MR) is 84.3 cm³/mol. The minimum Gasteiger partial charge on any atom is -0.325 e. The molecular formula is C17H18N2O2. The maximum Gasteiger partial charge on any atom is 0.228 e. The number of hydrogen-bond acceptors (Lipinski definition) is 2. The number of rotatable bonds is 4. The van der Waals surface area contributed by atoms with Gasteiger partial charge in [0.05, 0.1) is 17.8 Å². The van der Waals surface area contributed by atoms with E-state index < -0.39 is 0 Å². The molecule has 2 aromatic carbocycles. The van der Waals surface area contributed by atoms with E-state index in [9.17, 15) is 9.59 Å². The van der Waals surface area contributed by atoms with Crippen molar-refractivity contribution in [2.75, 3.05) is 10.6 Å². The second kappa shape index (κ2) is 6.70. The Bertz CT molecular complexity index is 665. The van der Waals surface area contributed by atoms with Gasteiger partial charge >= 0.3 is 0 Å². The Morgan fingerprint density at radius 1 is 0.952 bits per heavy atom. The van der Waals surface area contributed by atoms with Crippen molar-refractivity contribution in [2.45, 2.75) is 20.3 Å². The molecule has 0 aliphatic rings. The van der Waals surface area contributed by atoms with Crippen LogP contribution < -0.4 is 10.6 Å². The van der Waals surface area contributed by atoms with E-state index in [1.165, 1.54) is 6.92 Å². The first-order chi connectivity index (χ1) is 10.0. The molecule has 2 amide bonds. The molecule has 0 aliphatic heterocycles. The number of carbonyl (C=O) groups excluding carboxylic acids is 2. The van der Waals surface area contributed by atoms with Crippen molar-refractivity contribution >= 4 is 23.2 Å². The zero-order valence-corrected chi connectivity index (χ0v) is 12.1. The Hall–Kier alpha value is -2.62. The highest BCUT2D eigenvalue weighted by Gasteiger charge is 2.08. The van der Waals surface area contributed by atoms with Crippen molar-refractivity contribution in [3.8, 4) is 0 Å². The monoisotopic (exact) mass is 282 g/mol. The molecule has 0 unspecified atom stereocenters. The van der Waals surface area contributed by atoms with Gasteiger partial charge < -0.3 is 10.6 Å². The van der Waals surface area contributed by atoms with Gasteiger partial charge in [-0.05, 0) is 24.6 Å². The van der Waals surface area contributed by atoms with Crippen LogP contribution in [0.5, 0.6) is 0 Å². The molecule has 2 rings (SSSR count). The normalized spacial score (nSPS) is 10.0. The summed E-state index contributed by atoms with van der Waals surface area (Å²) in [6.07, 6.45) is 0.302. The summed E-state index contributed by atoms with van der Waals surface area (Å²) >= 11 is 0. The lowest BCUT2D eigenvalue weighted by atomic mass is 10.1. The third-order valence-electron chi connectivity index (χ3n) is 2.96. The molecule has 2 aromatic rings. The molecule has 4 heteroatoms. The van der Waals surface area contributed by atoms with Crippen molar-refractivity contribution in [3.63, 3.8) is 0 Å². The van der Waals surface area contributed by atoms with Gasteiger partial charge in [0.25, 0.3) is 0 Å². The topological polar surface area (TPSA) is 58.2 Å². The summed E-state index contributed by atoms with van der Waals surface area (Å²) in [4.78, 5) is 23.3. The van der Waals surface area contributed by atoms with Crippen LogP contribution in [0.3, 0.4) is 0 Å². The summed E-state index contributed by atoms with van der Waals surface area (Å²) in [6, 6.07) is 15.0. The van der Waals surface area contributed by atoms with Crippen LogP contribution in [0.2, 0.25) is 0 Å². The van der Waals surface area contributed by atoms with Gasteiger partial charge in [0.1, 0.15) is 0 Å². The lowest BCUT2D eigenvalue weighted by Gasteiger charge is -2.11. The van der Waals surface area contributed by atoms with E-state index in [1.807, 2.05) is 43.3 Å². The van der Waals surface area contributed by atoms with Gasteiger partial charge in [-0.15, -0.1) is 0 Å². The van der Waals surface area contributed by atoms with E-state index in [2.05, 4.69) is 10.6 Å². The van der Waals surface area contributed by atoms with E-state index in [4.69, 9.17) is 0 Å². The Labute approximate surface area is 124 Å². The minimum atomic E-state index is -0.171. The van der Waals surface area contributed by atoms with Crippen molar-refractivity contribution in [2.24, 2.45) is 0 Å². The number of carbonyl (C=O) groups is 2. The number of aryl methyl sites for hydroxylation is 1. The summed E-state index contributed by atoms with van der Waals surface area (Å²) < 4.78 is 0. The molecule has 21 heavy (non-hydrogen) atoms. The second-order valence-electron chi connectivity index (χ2n) is 4.94. The van der Waals surface area contributed by atoms with Crippen LogP contribution in [0, 0.1) is 6.92 Å². The van der Waals surface area contributed by atoms with Crippen LogP contribution in [0.4, 0.5) is 11.4 Å². The molecule has 0 heterocycles. The molecule has 0 radical (unpaired) electrons. The van der Waals surface area contributed by atoms with E-state index in [1.54, 1.807) is 12.1 Å². The zero-order valence-electron chi connectivity index (χ0n) is 12.1. The Balaban J connectivity index is 2.07. The Morgan fingerprint density at radius 3 is 2.24 bits per heavy atom. The number of benzene rings is 2. The smallest absolute Gasteiger partial charge is 0.228 e. The second-order valence-corrected chi connectivity index (χ2v) is 4.94. The number of amides is 2. The first kappa shape index (κ1) is 14.8. The van der Waals surface area contributed by atoms with Crippen LogP contribution in [0.15, 0.2) is 48.5 Å². The van der Waals surface area contributed by atoms with Crippen molar-refractivity contribution in [1.82, 2.24) is 0 Å². The van der Waals surface area contributed by atoms with Gasteiger partial charge in [0, 0.05) is 6.92 Å². The predicted octanol–water partition coefficient (Wildman–Crippen LogP) is 3.13. The fraction of sp³-hybridized carbons (Fsp3) is 0.176. The van der Waals surface area contributed by atoms with Crippen LogP contribution in [0.25, 0.3) is 0 Å². The first-order valence-corrected chi connectivity index (χ1v) is 6.76. The molecule has 0 atom stereocenters. The Kier molecular flexibility index (Phi) is 4.72. The summed E-state index contributed by atoms with van der Waals surface area (Å²) in [5.41, 5.74) is 3.29. The molecular weight excluding hydrogens is 264 g/mol. The highest BCUT2D eigenvalue weighted by atomic mass is 16.2. The van der Waals surface area contributed by atoms with Gasteiger partial charge in [0.15, 0.2) is 0 Å². The molecule has 0 saturated heterocycles. The standard InChI is InChI=1S/C17H18N2O2/c1-12-6-5-7-14(10-12)11-17(21)19-16-9-4-3-8-15(16)18-13(2)20/h3-10H,11H2,1-2H3,(H,18,20)(H,19,21). The Morgan fingerprint density at radius 2 is 1.62 bits per heavy atom. The zero-order chi connectivity index (χ0) is 15.2. The summed E-state index contributed by atoms with van der Waals surface area (Å²) in [5.74, 6) is -0.284. The van der Waals surface area contributed by atoms with Crippen molar-refractivity contribution in [1.29, 1.82) is 0 Å². The molecule has 0 fully saturated rings. The third kappa shape index (κ3) is 4.45. The van der Waals surface area contributed by atoms with Gasteiger partial charge in [-0.25, -0.2) is 0 Å². The maximum absolute atomic E-state index is 12.1. The van der Waals surface area contributed by atoms with E-state index >= 15 is 0 Å². The molecule has 0 bridgehead atoms. The summed E-state index contributed by atoms with van der Waals surface area (Å²) in [6.45, 7) is 3.43. The van der Waals surface area contributed by atoms with E-state index in [-0.39, 0.29) is 11.8 Å². The van der Waals surface area contributed by atoms with Crippen molar-refractivity contribution < 1.29 is 9.59 Å². The van der Waals surface area contributed by atoms with Gasteiger partial charge in [-0.1, -0.05) is 42.0 Å². The third-order valence-corrected chi connectivity index (χ3v) is 2.96. The SMILES string of the molecule is CC(=O)Nc1ccccc1NC(=O)Cc1cccc(C)c1. The molecule has 0 spiro atoms. The maximum atomic E-state index is 12.1. The summed E-state index contributed by atoms with van der Waals surface area (Å²) in [7, 11) is 0. The van der Waals surface area contributed by atoms with Crippen LogP contribution in [-0.4, -0.2) is 11.8 Å². The number of para-hydroxylation sites is 2. The molecule has 4 nitrogen and oxygen atoms in total. The van der Waals surface area contributed by atoms with Crippen LogP contribution in [-0.2, 0) is 16.0 Å². The lowest BCUT2D eigenvalue weighted by molar-refractivity contribution is -0.116. The van der Waals surface area contributed by atoms with Gasteiger partial charge in [-0.2, -0.15) is 0 Å². The van der Waals surface area contributed by atoms with Gasteiger partial charge in [-0.3, -0.25) is 9.59 Å². The molecule has 0 aromatic heterocycles. The largest absolute Gasteiger partial charge is 0.325 e. The number of nitrogens with one attached hydrogen (secondary N) is 2. The fourth-order valence-corrected chi connectivity index (χ4v) is 2.09. The molecule has 0 aliphatic carbocycles. The minimum absolute atomic E-state index is 0.113. The van der Waals surface area contributed by atoms with Crippen molar-refractivity contribution in [3.05, 3.63) is 59.7 Å². The van der Waals surface area contributed by atoms with Crippen LogP contribution in [0.1, 0.15) is 18.1 Å². The fourth-order valence-electron chi connectivity index (χ4n) is 2.09. The lowest BCUT2D eigenvalue weighted by Crippen LogP contribution is -2.16. The highest BCUT2D eigenvalue weighted by Crippen LogP contribution is 2.21. The van der Waals surface area contributed by atoms with Gasteiger partial charge in [0.2, 0.25) is 11.8 Å². The van der Waals surface area contributed by atoms with E-state index in [0.29, 0.717) is 17.8 Å². The molecule has 0 saturated carbocycles. The van der Waals surface area contributed by atoms with Crippen LogP contribution >= 0.6 is 0 Å². The molecule has 108 valence electrons. The highest BCUT2D eigenvalue weighted by molar-refractivity contribution is 5.99. The van der Waals surface area contributed by atoms with E-state index in [0.717, 1.165) is 11.1 Å². The molecule has 2 N–H and O–H groups in total. The number of hydrogen-bond donors (Lipinski definition) is 2. The quantitative estimate of drug-likeness (QED) is 0.905. The average molecular weight is 282 g/mol. The first-order valence-electron chi connectivity index (χ1n) is 6.76. The summed E-state index contributed by atoms with van der Waals surface area (Å²) in [5, 5.41) is 5.53. The number of anilines is 2.